The first-order valence-electron chi connectivity index (χ1n) is 11.0. The molecular weight excluding hydrogens is 477 g/mol. The molecule has 2 aromatic heterocycles. The fourth-order valence-corrected chi connectivity index (χ4v) is 4.66. The van der Waals surface area contributed by atoms with E-state index in [2.05, 4.69) is 20.3 Å². The monoisotopic (exact) mass is 503 g/mol. The van der Waals surface area contributed by atoms with E-state index in [1.807, 2.05) is 15.9 Å². The predicted octanol–water partition coefficient (Wildman–Crippen LogP) is 3.26. The number of piperidine rings is 1. The first-order valence-corrected chi connectivity index (χ1v) is 11.8. The van der Waals surface area contributed by atoms with Crippen LogP contribution >= 0.6 is 23.2 Å². The van der Waals surface area contributed by atoms with Crippen molar-refractivity contribution in [1.82, 2.24) is 24.8 Å². The van der Waals surface area contributed by atoms with Gasteiger partial charge in [0.1, 0.15) is 17.8 Å². The Bertz CT molecular complexity index is 1160. The number of fused-ring (bicyclic) bond motifs is 1. The zero-order chi connectivity index (χ0) is 24.2. The number of H-pyrrole nitrogens is 1. The molecule has 1 aliphatic heterocycles. The Morgan fingerprint density at radius 2 is 1.97 bits per heavy atom. The second-order valence-electron chi connectivity index (χ2n) is 8.50. The van der Waals surface area contributed by atoms with Crippen LogP contribution in [0, 0.1) is 0 Å². The Kier molecular flexibility index (Phi) is 7.43. The minimum absolute atomic E-state index is 0.0332. The number of anilines is 2. The lowest BCUT2D eigenvalue weighted by Crippen LogP contribution is -2.53. The zero-order valence-corrected chi connectivity index (χ0v) is 20.6. The number of nitrogens with zero attached hydrogens (tertiary/aromatic N) is 5. The van der Waals surface area contributed by atoms with Crippen molar-refractivity contribution in [2.24, 2.45) is 0 Å². The van der Waals surface area contributed by atoms with Crippen molar-refractivity contribution in [3.8, 4) is 0 Å². The lowest BCUT2D eigenvalue weighted by Gasteiger charge is -2.40. The maximum Gasteiger partial charge on any atom is 0.241 e. The Morgan fingerprint density at radius 3 is 2.71 bits per heavy atom. The van der Waals surface area contributed by atoms with E-state index in [4.69, 9.17) is 23.2 Å². The molecule has 2 N–H and O–H groups in total. The van der Waals surface area contributed by atoms with Crippen molar-refractivity contribution in [3.63, 3.8) is 0 Å². The van der Waals surface area contributed by atoms with Crippen LogP contribution in [-0.2, 0) is 9.59 Å². The van der Waals surface area contributed by atoms with Crippen molar-refractivity contribution in [2.75, 3.05) is 50.5 Å². The van der Waals surface area contributed by atoms with Crippen LogP contribution in [-0.4, -0.2) is 82.9 Å². The van der Waals surface area contributed by atoms with E-state index in [-0.39, 0.29) is 30.9 Å². The Labute approximate surface area is 208 Å². The summed E-state index contributed by atoms with van der Waals surface area (Å²) in [5.41, 5.74) is 1.40. The SMILES string of the molecule is CN(C)C(=O)CN(c1ncnc2[nH]ccc12)C1CCCN(C(=O)CNc2cc(Cl)cc(Cl)c2)C1. The van der Waals surface area contributed by atoms with Gasteiger partial charge in [-0.3, -0.25) is 9.59 Å². The number of nitrogens with one attached hydrogen (secondary N) is 2. The summed E-state index contributed by atoms with van der Waals surface area (Å²) in [6.07, 6.45) is 4.97. The molecule has 4 rings (SSSR count). The van der Waals surface area contributed by atoms with Crippen LogP contribution in [0.15, 0.2) is 36.8 Å². The molecule has 11 heteroatoms. The standard InChI is InChI=1S/C23H27Cl2N7O2/c1-30(2)21(34)13-32(23-19-5-6-26-22(19)28-14-29-23)18-4-3-7-31(12-18)20(33)11-27-17-9-15(24)8-16(25)10-17/h5-6,8-10,14,18,27H,3-4,7,11-13H2,1-2H3,(H,26,28,29). The van der Waals surface area contributed by atoms with Gasteiger partial charge in [0.2, 0.25) is 11.8 Å². The number of carbonyl (C=O) groups excluding carboxylic acids is 2. The summed E-state index contributed by atoms with van der Waals surface area (Å²) in [5, 5.41) is 4.96. The fraction of sp³-hybridized carbons (Fsp3) is 0.391. The molecule has 1 aliphatic rings. The van der Waals surface area contributed by atoms with Crippen LogP contribution in [0.5, 0.6) is 0 Å². The van der Waals surface area contributed by atoms with Gasteiger partial charge in [0, 0.05) is 55.2 Å². The molecule has 1 atom stereocenters. The van der Waals surface area contributed by atoms with Crippen LogP contribution in [0.3, 0.4) is 0 Å². The number of carbonyl (C=O) groups is 2. The average Bonchev–Trinajstić information content (AvgIpc) is 3.29. The highest BCUT2D eigenvalue weighted by atomic mass is 35.5. The number of hydrogen-bond donors (Lipinski definition) is 2. The number of aromatic amines is 1. The largest absolute Gasteiger partial charge is 0.376 e. The number of amides is 2. The van der Waals surface area contributed by atoms with Crippen LogP contribution in [0.2, 0.25) is 10.0 Å². The lowest BCUT2D eigenvalue weighted by atomic mass is 10.0. The van der Waals surface area contributed by atoms with Crippen molar-refractivity contribution < 1.29 is 9.59 Å². The topological polar surface area (TPSA) is 97.5 Å². The number of likely N-dealkylation sites (tertiary alicyclic amines) is 1. The molecule has 3 heterocycles. The molecule has 0 bridgehead atoms. The van der Waals surface area contributed by atoms with E-state index in [1.165, 1.54) is 6.33 Å². The maximum atomic E-state index is 13.0. The molecule has 0 radical (unpaired) electrons. The van der Waals surface area contributed by atoms with Crippen molar-refractivity contribution in [3.05, 3.63) is 46.8 Å². The van der Waals surface area contributed by atoms with E-state index in [9.17, 15) is 9.59 Å². The highest BCUT2D eigenvalue weighted by Crippen LogP contribution is 2.27. The summed E-state index contributed by atoms with van der Waals surface area (Å²) in [6, 6.07) is 6.94. The number of halogens is 2. The van der Waals surface area contributed by atoms with E-state index in [0.29, 0.717) is 40.3 Å². The number of benzene rings is 1. The molecule has 0 saturated carbocycles. The van der Waals surface area contributed by atoms with Gasteiger partial charge in [-0.1, -0.05) is 23.2 Å². The second-order valence-corrected chi connectivity index (χ2v) is 9.37. The lowest BCUT2D eigenvalue weighted by molar-refractivity contribution is -0.130. The summed E-state index contributed by atoms with van der Waals surface area (Å²) in [4.78, 5) is 43.0. The van der Waals surface area contributed by atoms with Crippen molar-refractivity contribution in [1.29, 1.82) is 0 Å². The quantitative estimate of drug-likeness (QED) is 0.513. The Hall–Kier alpha value is -3.04. The van der Waals surface area contributed by atoms with Gasteiger partial charge in [0.15, 0.2) is 0 Å². The smallest absolute Gasteiger partial charge is 0.241 e. The molecule has 0 spiro atoms. The summed E-state index contributed by atoms with van der Waals surface area (Å²) in [5.74, 6) is 0.617. The minimum Gasteiger partial charge on any atom is -0.376 e. The highest BCUT2D eigenvalue weighted by Gasteiger charge is 2.31. The van der Waals surface area contributed by atoms with E-state index in [0.717, 1.165) is 18.2 Å². The minimum atomic E-state index is -0.0600. The fourth-order valence-electron chi connectivity index (χ4n) is 4.13. The molecule has 1 saturated heterocycles. The van der Waals surface area contributed by atoms with Gasteiger partial charge in [-0.05, 0) is 37.1 Å². The number of rotatable bonds is 7. The summed E-state index contributed by atoms with van der Waals surface area (Å²) in [7, 11) is 3.47. The van der Waals surface area contributed by atoms with Gasteiger partial charge in [0.25, 0.3) is 0 Å². The Morgan fingerprint density at radius 1 is 1.21 bits per heavy atom. The molecule has 3 aromatic rings. The third-order valence-electron chi connectivity index (χ3n) is 5.91. The molecule has 2 amide bonds. The van der Waals surface area contributed by atoms with E-state index >= 15 is 0 Å². The number of likely N-dealkylation sites (N-methyl/N-ethyl adjacent to an activating group) is 1. The molecular formula is C23H27Cl2N7O2. The number of aromatic nitrogens is 3. The van der Waals surface area contributed by atoms with E-state index in [1.54, 1.807) is 43.4 Å². The predicted molar refractivity (Wildman–Crippen MR) is 134 cm³/mol. The highest BCUT2D eigenvalue weighted by molar-refractivity contribution is 6.35. The number of hydrogen-bond acceptors (Lipinski definition) is 6. The van der Waals surface area contributed by atoms with Gasteiger partial charge in [-0.25, -0.2) is 9.97 Å². The molecule has 1 unspecified atom stereocenters. The first-order chi connectivity index (χ1) is 16.3. The van der Waals surface area contributed by atoms with Gasteiger partial charge in [0.05, 0.1) is 18.5 Å². The van der Waals surface area contributed by atoms with Gasteiger partial charge in [-0.15, -0.1) is 0 Å². The van der Waals surface area contributed by atoms with Gasteiger partial charge >= 0.3 is 0 Å². The summed E-state index contributed by atoms with van der Waals surface area (Å²) in [6.45, 7) is 1.44. The molecule has 1 aromatic carbocycles. The first kappa shape index (κ1) is 24.1. The third kappa shape index (κ3) is 5.53. The van der Waals surface area contributed by atoms with E-state index < -0.39 is 0 Å². The van der Waals surface area contributed by atoms with Crippen LogP contribution in [0.25, 0.3) is 11.0 Å². The van der Waals surface area contributed by atoms with Crippen LogP contribution in [0.4, 0.5) is 11.5 Å². The maximum absolute atomic E-state index is 13.0. The average molecular weight is 504 g/mol. The van der Waals surface area contributed by atoms with Crippen molar-refractivity contribution in [2.45, 2.75) is 18.9 Å². The molecule has 34 heavy (non-hydrogen) atoms. The van der Waals surface area contributed by atoms with Gasteiger partial charge in [-0.2, -0.15) is 0 Å². The zero-order valence-electron chi connectivity index (χ0n) is 19.1. The van der Waals surface area contributed by atoms with Crippen LogP contribution < -0.4 is 10.2 Å². The molecule has 180 valence electrons. The third-order valence-corrected chi connectivity index (χ3v) is 6.34. The molecule has 0 aliphatic carbocycles. The second kappa shape index (κ2) is 10.5. The summed E-state index contributed by atoms with van der Waals surface area (Å²) < 4.78 is 0. The van der Waals surface area contributed by atoms with Crippen LogP contribution in [0.1, 0.15) is 12.8 Å². The summed E-state index contributed by atoms with van der Waals surface area (Å²) >= 11 is 12.1. The molecule has 9 nitrogen and oxygen atoms in total. The Balaban J connectivity index is 1.51. The normalized spacial score (nSPS) is 15.9. The van der Waals surface area contributed by atoms with Gasteiger partial charge < -0.3 is 25.0 Å². The molecule has 1 fully saturated rings. The van der Waals surface area contributed by atoms with Crippen molar-refractivity contribution >= 4 is 57.6 Å².